The van der Waals surface area contributed by atoms with Gasteiger partial charge in [0.1, 0.15) is 11.3 Å². The van der Waals surface area contributed by atoms with Gasteiger partial charge in [-0.05, 0) is 44.2 Å². The van der Waals surface area contributed by atoms with Crippen molar-refractivity contribution in [3.63, 3.8) is 0 Å². The largest absolute Gasteiger partial charge is 0.493 e. The molecule has 10 heteroatoms. The van der Waals surface area contributed by atoms with Gasteiger partial charge in [-0.2, -0.15) is 5.10 Å². The average Bonchev–Trinajstić information content (AvgIpc) is 3.35. The van der Waals surface area contributed by atoms with Gasteiger partial charge >= 0.3 is 0 Å². The summed E-state index contributed by atoms with van der Waals surface area (Å²) in [5.74, 6) is -0.947. The molecule has 0 fully saturated rings. The monoisotopic (exact) mass is 472 g/mol. The number of hydrogen-bond donors (Lipinski definition) is 0. The Hall–Kier alpha value is -3.53. The molecule has 0 saturated heterocycles. The first-order chi connectivity index (χ1) is 15.8. The minimum atomic E-state index is -0.774. The van der Waals surface area contributed by atoms with Gasteiger partial charge < -0.3 is 9.47 Å². The molecule has 0 radical (unpaired) electrons. The summed E-state index contributed by atoms with van der Waals surface area (Å²) in [4.78, 5) is 19.3. The summed E-state index contributed by atoms with van der Waals surface area (Å²) in [6.07, 6.45) is 0. The molecule has 0 N–H and O–H groups in total. The van der Waals surface area contributed by atoms with E-state index in [-0.39, 0.29) is 23.1 Å². The predicted octanol–water partition coefficient (Wildman–Crippen LogP) is 4.75. The number of anilines is 1. The lowest BCUT2D eigenvalue weighted by Gasteiger charge is -2.21. The van der Waals surface area contributed by atoms with Crippen molar-refractivity contribution in [2.75, 3.05) is 25.7 Å². The SMILES string of the molecule is COc1ccc(C(=O)N(CCn2nc(C)cc2C)c2nc3c(F)cc(F)cc3s2)cc1OC. The highest BCUT2D eigenvalue weighted by Gasteiger charge is 2.24. The summed E-state index contributed by atoms with van der Waals surface area (Å²) >= 11 is 1.05. The molecule has 2 aromatic carbocycles. The fourth-order valence-electron chi connectivity index (χ4n) is 3.57. The van der Waals surface area contributed by atoms with Crippen molar-refractivity contribution in [2.24, 2.45) is 0 Å². The van der Waals surface area contributed by atoms with Gasteiger partial charge in [0.2, 0.25) is 0 Å². The Labute approximate surface area is 193 Å². The van der Waals surface area contributed by atoms with Gasteiger partial charge in [-0.15, -0.1) is 0 Å². The van der Waals surface area contributed by atoms with Crippen molar-refractivity contribution in [2.45, 2.75) is 20.4 Å². The van der Waals surface area contributed by atoms with E-state index in [2.05, 4.69) is 10.1 Å². The van der Waals surface area contributed by atoms with Crippen LogP contribution in [-0.2, 0) is 6.54 Å². The second-order valence-electron chi connectivity index (χ2n) is 7.41. The van der Waals surface area contributed by atoms with Gasteiger partial charge in [-0.25, -0.2) is 13.8 Å². The Balaban J connectivity index is 1.74. The number of nitrogens with zero attached hydrogens (tertiary/aromatic N) is 4. The number of fused-ring (bicyclic) bond motifs is 1. The molecular formula is C23H22F2N4O3S. The van der Waals surface area contributed by atoms with Crippen molar-refractivity contribution >= 4 is 32.6 Å². The Morgan fingerprint density at radius 3 is 2.52 bits per heavy atom. The van der Waals surface area contributed by atoms with Crippen LogP contribution in [0, 0.1) is 25.5 Å². The molecule has 4 aromatic rings. The fraction of sp³-hybridized carbons (Fsp3) is 0.261. The summed E-state index contributed by atoms with van der Waals surface area (Å²) in [5.41, 5.74) is 2.17. The van der Waals surface area contributed by atoms with E-state index in [0.717, 1.165) is 28.8 Å². The number of thiazole rings is 1. The number of methoxy groups -OCH3 is 2. The van der Waals surface area contributed by atoms with Gasteiger partial charge in [0.25, 0.3) is 5.91 Å². The van der Waals surface area contributed by atoms with E-state index in [0.29, 0.717) is 28.3 Å². The van der Waals surface area contributed by atoms with E-state index >= 15 is 0 Å². The quantitative estimate of drug-likeness (QED) is 0.388. The summed E-state index contributed by atoms with van der Waals surface area (Å²) in [7, 11) is 2.99. The van der Waals surface area contributed by atoms with Gasteiger partial charge in [0, 0.05) is 23.9 Å². The Morgan fingerprint density at radius 2 is 1.85 bits per heavy atom. The molecule has 0 saturated carbocycles. The molecule has 1 amide bonds. The number of ether oxygens (including phenoxy) is 2. The standard InChI is InChI=1S/C23H22F2N4O3S/c1-13-9-14(2)29(27-13)8-7-28(22(30)15-5-6-18(31-3)19(10-15)32-4)23-26-21-17(25)11-16(24)12-20(21)33-23/h5-6,9-12H,7-8H2,1-4H3. The number of aromatic nitrogens is 3. The molecule has 0 aliphatic heterocycles. The second-order valence-corrected chi connectivity index (χ2v) is 8.42. The highest BCUT2D eigenvalue weighted by atomic mass is 32.1. The molecule has 0 spiro atoms. The van der Waals surface area contributed by atoms with Gasteiger partial charge in [0.05, 0.1) is 31.2 Å². The zero-order valence-corrected chi connectivity index (χ0v) is 19.4. The third kappa shape index (κ3) is 4.51. The fourth-order valence-corrected chi connectivity index (χ4v) is 4.60. The molecule has 172 valence electrons. The summed E-state index contributed by atoms with van der Waals surface area (Å²) in [6.45, 7) is 4.43. The van der Waals surface area contributed by atoms with Crippen molar-refractivity contribution in [1.29, 1.82) is 0 Å². The number of benzene rings is 2. The first kappa shape index (κ1) is 22.7. The van der Waals surface area contributed by atoms with Crippen LogP contribution in [0.25, 0.3) is 10.2 Å². The lowest BCUT2D eigenvalue weighted by molar-refractivity contribution is 0.0985. The van der Waals surface area contributed by atoms with Crippen LogP contribution in [0.1, 0.15) is 21.7 Å². The summed E-state index contributed by atoms with van der Waals surface area (Å²) in [5, 5.41) is 4.70. The lowest BCUT2D eigenvalue weighted by atomic mass is 10.1. The van der Waals surface area contributed by atoms with Crippen LogP contribution in [0.4, 0.5) is 13.9 Å². The normalized spacial score (nSPS) is 11.1. The number of amides is 1. The van der Waals surface area contributed by atoms with Crippen LogP contribution < -0.4 is 14.4 Å². The van der Waals surface area contributed by atoms with Crippen LogP contribution in [0.3, 0.4) is 0 Å². The van der Waals surface area contributed by atoms with Crippen LogP contribution in [0.5, 0.6) is 11.5 Å². The minimum absolute atomic E-state index is 0.0209. The van der Waals surface area contributed by atoms with E-state index in [1.165, 1.54) is 25.2 Å². The maximum absolute atomic E-state index is 14.3. The molecule has 0 unspecified atom stereocenters. The van der Waals surface area contributed by atoms with Crippen molar-refractivity contribution in [1.82, 2.24) is 14.8 Å². The molecule has 33 heavy (non-hydrogen) atoms. The first-order valence-corrected chi connectivity index (χ1v) is 10.9. The summed E-state index contributed by atoms with van der Waals surface area (Å²) < 4.78 is 40.7. The van der Waals surface area contributed by atoms with Crippen molar-refractivity contribution in [3.05, 3.63) is 65.0 Å². The van der Waals surface area contributed by atoms with Crippen molar-refractivity contribution < 1.29 is 23.0 Å². The first-order valence-electron chi connectivity index (χ1n) is 10.1. The smallest absolute Gasteiger partial charge is 0.260 e. The number of aryl methyl sites for hydroxylation is 2. The zero-order chi connectivity index (χ0) is 23.7. The highest BCUT2D eigenvalue weighted by molar-refractivity contribution is 7.22. The molecule has 0 atom stereocenters. The molecule has 0 bridgehead atoms. The molecule has 0 aliphatic carbocycles. The number of carbonyl (C=O) groups is 1. The maximum atomic E-state index is 14.3. The number of carbonyl (C=O) groups excluding carboxylic acids is 1. The van der Waals surface area contributed by atoms with E-state index in [4.69, 9.17) is 9.47 Å². The maximum Gasteiger partial charge on any atom is 0.260 e. The molecule has 4 rings (SSSR count). The zero-order valence-electron chi connectivity index (χ0n) is 18.6. The van der Waals surface area contributed by atoms with Crippen LogP contribution in [-0.4, -0.2) is 41.4 Å². The van der Waals surface area contributed by atoms with Crippen LogP contribution in [0.15, 0.2) is 36.4 Å². The van der Waals surface area contributed by atoms with Gasteiger partial charge in [-0.1, -0.05) is 11.3 Å². The molecule has 7 nitrogen and oxygen atoms in total. The van der Waals surface area contributed by atoms with E-state index in [1.807, 2.05) is 19.9 Å². The third-order valence-corrected chi connectivity index (χ3v) is 6.17. The molecule has 2 heterocycles. The number of hydrogen-bond acceptors (Lipinski definition) is 6. The molecular weight excluding hydrogens is 450 g/mol. The van der Waals surface area contributed by atoms with Crippen LogP contribution >= 0.6 is 11.3 Å². The Morgan fingerprint density at radius 1 is 1.09 bits per heavy atom. The average molecular weight is 473 g/mol. The molecule has 0 aliphatic rings. The Bertz CT molecular complexity index is 1330. The van der Waals surface area contributed by atoms with Crippen molar-refractivity contribution in [3.8, 4) is 11.5 Å². The van der Waals surface area contributed by atoms with Crippen LogP contribution in [0.2, 0.25) is 0 Å². The third-order valence-electron chi connectivity index (χ3n) is 5.15. The van der Waals surface area contributed by atoms with Gasteiger partial charge in [0.15, 0.2) is 22.4 Å². The highest BCUT2D eigenvalue weighted by Crippen LogP contribution is 2.33. The number of rotatable bonds is 7. The Kier molecular flexibility index (Phi) is 6.28. The molecule has 2 aromatic heterocycles. The minimum Gasteiger partial charge on any atom is -0.493 e. The predicted molar refractivity (Wildman–Crippen MR) is 122 cm³/mol. The van der Waals surface area contributed by atoms with Gasteiger partial charge in [-0.3, -0.25) is 14.4 Å². The van der Waals surface area contributed by atoms with E-state index in [1.54, 1.807) is 22.9 Å². The topological polar surface area (TPSA) is 69.5 Å². The number of halogens is 2. The second kappa shape index (κ2) is 9.14. The summed E-state index contributed by atoms with van der Waals surface area (Å²) in [6, 6.07) is 8.76. The lowest BCUT2D eigenvalue weighted by Crippen LogP contribution is -2.34. The van der Waals surface area contributed by atoms with E-state index < -0.39 is 11.6 Å². The van der Waals surface area contributed by atoms with E-state index in [9.17, 15) is 13.6 Å².